The van der Waals surface area contributed by atoms with Gasteiger partial charge in [0.2, 0.25) is 0 Å². The number of nitrogens with one attached hydrogen (secondary N) is 1. The number of anilines is 1. The molecule has 114 valence electrons. The van der Waals surface area contributed by atoms with Gasteiger partial charge in [0.15, 0.2) is 0 Å². The summed E-state index contributed by atoms with van der Waals surface area (Å²) in [7, 11) is 1.55. The van der Waals surface area contributed by atoms with Crippen molar-refractivity contribution in [1.82, 2.24) is 9.78 Å². The van der Waals surface area contributed by atoms with E-state index in [-0.39, 0.29) is 16.9 Å². The van der Waals surface area contributed by atoms with Crippen molar-refractivity contribution in [2.45, 2.75) is 6.92 Å². The zero-order valence-electron chi connectivity index (χ0n) is 11.6. The number of aryl methyl sites for hydroxylation is 1. The molecule has 1 aromatic heterocycles. The molecule has 1 amide bonds. The first kappa shape index (κ1) is 15.1. The highest BCUT2D eigenvalue weighted by molar-refractivity contribution is 6.03. The molecule has 0 aliphatic heterocycles. The molecule has 10 heteroatoms. The maximum atomic E-state index is 12.0. The molecule has 2 aromatic rings. The largest absolute Gasteiger partial charge is 0.320 e. The smallest absolute Gasteiger partial charge is 0.281 e. The van der Waals surface area contributed by atoms with Crippen LogP contribution in [0.3, 0.4) is 0 Å². The Labute approximate surface area is 123 Å². The minimum atomic E-state index is -0.734. The quantitative estimate of drug-likeness (QED) is 0.676. The monoisotopic (exact) mass is 305 g/mol. The lowest BCUT2D eigenvalue weighted by Gasteiger charge is -2.07. The lowest BCUT2D eigenvalue weighted by atomic mass is 10.1. The lowest BCUT2D eigenvalue weighted by Crippen LogP contribution is -2.16. The third-order valence-corrected chi connectivity index (χ3v) is 3.06. The fraction of sp³-hybridized carbons (Fsp3) is 0.167. The second kappa shape index (κ2) is 5.60. The molecule has 0 atom stereocenters. The average Bonchev–Trinajstić information content (AvgIpc) is 2.86. The minimum Gasteiger partial charge on any atom is -0.320 e. The molecule has 0 aliphatic carbocycles. The van der Waals surface area contributed by atoms with Gasteiger partial charge >= 0.3 is 0 Å². The standard InChI is InChI=1S/C12H11N5O5/c1-7-10(16(19)20)5-8(6-11(7)17(21)22)14-12(18)9-3-4-13-15(9)2/h3-6H,1-2H3,(H,14,18). The third-order valence-electron chi connectivity index (χ3n) is 3.06. The SMILES string of the molecule is Cc1c([N+](=O)[O-])cc(NC(=O)c2ccnn2C)cc1[N+](=O)[O-]. The highest BCUT2D eigenvalue weighted by atomic mass is 16.6. The van der Waals surface area contributed by atoms with Crippen LogP contribution in [0.5, 0.6) is 0 Å². The van der Waals surface area contributed by atoms with Gasteiger partial charge in [0.25, 0.3) is 17.3 Å². The molecular formula is C12H11N5O5. The molecule has 2 rings (SSSR count). The van der Waals surface area contributed by atoms with E-state index in [1.807, 2.05) is 0 Å². The third kappa shape index (κ3) is 2.75. The predicted molar refractivity (Wildman–Crippen MR) is 75.6 cm³/mol. The Morgan fingerprint density at radius 1 is 1.23 bits per heavy atom. The van der Waals surface area contributed by atoms with Crippen LogP contribution >= 0.6 is 0 Å². The summed E-state index contributed by atoms with van der Waals surface area (Å²) < 4.78 is 1.31. The van der Waals surface area contributed by atoms with Gasteiger partial charge in [0.1, 0.15) is 11.3 Å². The van der Waals surface area contributed by atoms with Crippen LogP contribution in [-0.4, -0.2) is 25.5 Å². The number of carbonyl (C=O) groups is 1. The molecule has 1 N–H and O–H groups in total. The second-order valence-corrected chi connectivity index (χ2v) is 4.45. The van der Waals surface area contributed by atoms with Crippen molar-refractivity contribution >= 4 is 23.0 Å². The molecule has 0 aliphatic rings. The first-order valence-electron chi connectivity index (χ1n) is 6.04. The number of hydrogen-bond donors (Lipinski definition) is 1. The van der Waals surface area contributed by atoms with Gasteiger partial charge in [-0.3, -0.25) is 29.7 Å². The van der Waals surface area contributed by atoms with Gasteiger partial charge in [-0.1, -0.05) is 0 Å². The van der Waals surface area contributed by atoms with E-state index in [0.717, 1.165) is 12.1 Å². The summed E-state index contributed by atoms with van der Waals surface area (Å²) in [5.41, 5.74) is -0.765. The molecule has 1 heterocycles. The summed E-state index contributed by atoms with van der Waals surface area (Å²) in [6, 6.07) is 3.61. The van der Waals surface area contributed by atoms with E-state index in [9.17, 15) is 25.0 Å². The Morgan fingerprint density at radius 2 is 1.77 bits per heavy atom. The Balaban J connectivity index is 2.43. The van der Waals surface area contributed by atoms with Crippen LogP contribution in [0.15, 0.2) is 24.4 Å². The Morgan fingerprint density at radius 3 is 2.18 bits per heavy atom. The van der Waals surface area contributed by atoms with Gasteiger partial charge in [-0.25, -0.2) is 0 Å². The Bertz CT molecular complexity index is 747. The molecule has 0 fully saturated rings. The summed E-state index contributed by atoms with van der Waals surface area (Å²) in [6.45, 7) is 1.28. The van der Waals surface area contributed by atoms with Crippen LogP contribution in [0.25, 0.3) is 0 Å². The second-order valence-electron chi connectivity index (χ2n) is 4.45. The van der Waals surface area contributed by atoms with Gasteiger partial charge in [-0.15, -0.1) is 0 Å². The number of rotatable bonds is 4. The van der Waals surface area contributed by atoms with E-state index < -0.39 is 27.1 Å². The van der Waals surface area contributed by atoms with Crippen molar-refractivity contribution < 1.29 is 14.6 Å². The van der Waals surface area contributed by atoms with Crippen molar-refractivity contribution in [3.05, 3.63) is 55.9 Å². The fourth-order valence-electron chi connectivity index (χ4n) is 1.93. The molecule has 0 spiro atoms. The van der Waals surface area contributed by atoms with Crippen LogP contribution in [0.2, 0.25) is 0 Å². The summed E-state index contributed by atoms with van der Waals surface area (Å²) in [5.74, 6) is -0.576. The molecule has 0 unspecified atom stereocenters. The topological polar surface area (TPSA) is 133 Å². The molecule has 22 heavy (non-hydrogen) atoms. The molecule has 0 radical (unpaired) electrons. The van der Waals surface area contributed by atoms with E-state index >= 15 is 0 Å². The first-order valence-corrected chi connectivity index (χ1v) is 6.04. The molecular weight excluding hydrogens is 294 g/mol. The number of nitro benzene ring substituents is 2. The van der Waals surface area contributed by atoms with E-state index in [2.05, 4.69) is 10.4 Å². The van der Waals surface area contributed by atoms with Crippen LogP contribution in [0.1, 0.15) is 16.1 Å². The highest BCUT2D eigenvalue weighted by Crippen LogP contribution is 2.31. The van der Waals surface area contributed by atoms with Crippen LogP contribution in [0, 0.1) is 27.2 Å². The Hall–Kier alpha value is -3.30. The van der Waals surface area contributed by atoms with E-state index in [1.165, 1.54) is 23.9 Å². The number of hydrogen-bond acceptors (Lipinski definition) is 6. The zero-order chi connectivity index (χ0) is 16.4. The van der Waals surface area contributed by atoms with E-state index in [1.54, 1.807) is 7.05 Å². The maximum absolute atomic E-state index is 12.0. The van der Waals surface area contributed by atoms with Crippen molar-refractivity contribution in [3.8, 4) is 0 Å². The highest BCUT2D eigenvalue weighted by Gasteiger charge is 2.24. The number of aromatic nitrogens is 2. The van der Waals surface area contributed by atoms with Crippen molar-refractivity contribution in [3.63, 3.8) is 0 Å². The van der Waals surface area contributed by atoms with Crippen molar-refractivity contribution in [1.29, 1.82) is 0 Å². The van der Waals surface area contributed by atoms with Crippen LogP contribution < -0.4 is 5.32 Å². The summed E-state index contributed by atoms with van der Waals surface area (Å²) in [5, 5.41) is 28.2. The van der Waals surface area contributed by atoms with E-state index in [0.29, 0.717) is 0 Å². The number of nitro groups is 2. The maximum Gasteiger partial charge on any atom is 0.281 e. The van der Waals surface area contributed by atoms with Crippen molar-refractivity contribution in [2.75, 3.05) is 5.32 Å². The van der Waals surface area contributed by atoms with Gasteiger partial charge in [-0.05, 0) is 13.0 Å². The molecule has 0 saturated carbocycles. The molecule has 0 bridgehead atoms. The minimum absolute atomic E-state index is 0.0322. The lowest BCUT2D eigenvalue weighted by molar-refractivity contribution is -0.395. The Kier molecular flexibility index (Phi) is 3.84. The van der Waals surface area contributed by atoms with Gasteiger partial charge < -0.3 is 5.32 Å². The normalized spacial score (nSPS) is 10.3. The van der Waals surface area contributed by atoms with E-state index in [4.69, 9.17) is 0 Å². The number of benzene rings is 1. The number of carbonyl (C=O) groups excluding carboxylic acids is 1. The predicted octanol–water partition coefficient (Wildman–Crippen LogP) is 1.80. The average molecular weight is 305 g/mol. The van der Waals surface area contributed by atoms with Gasteiger partial charge in [0, 0.05) is 25.4 Å². The van der Waals surface area contributed by atoms with Crippen LogP contribution in [-0.2, 0) is 7.05 Å². The zero-order valence-corrected chi connectivity index (χ0v) is 11.6. The number of nitrogens with zero attached hydrogens (tertiary/aromatic N) is 4. The molecule has 1 aromatic carbocycles. The van der Waals surface area contributed by atoms with Gasteiger partial charge in [0.05, 0.1) is 15.5 Å². The fourth-order valence-corrected chi connectivity index (χ4v) is 1.93. The number of amides is 1. The summed E-state index contributed by atoms with van der Waals surface area (Å²) in [6.07, 6.45) is 1.41. The van der Waals surface area contributed by atoms with Crippen molar-refractivity contribution in [2.24, 2.45) is 7.05 Å². The van der Waals surface area contributed by atoms with Gasteiger partial charge in [-0.2, -0.15) is 5.10 Å². The summed E-state index contributed by atoms with van der Waals surface area (Å²) >= 11 is 0. The molecule has 10 nitrogen and oxygen atoms in total. The summed E-state index contributed by atoms with van der Waals surface area (Å²) in [4.78, 5) is 32.5. The van der Waals surface area contributed by atoms with Crippen LogP contribution in [0.4, 0.5) is 17.1 Å². The first-order chi connectivity index (χ1) is 10.3. The molecule has 0 saturated heterocycles.